The van der Waals surface area contributed by atoms with E-state index in [4.69, 9.17) is 16.2 Å². The number of aliphatic imine (C=N–C) groups is 2. The van der Waals surface area contributed by atoms with Crippen LogP contribution in [0.25, 0.3) is 22.6 Å². The smallest absolute Gasteiger partial charge is 0.140 e. The summed E-state index contributed by atoms with van der Waals surface area (Å²) in [4.78, 5) is 21.5. The van der Waals surface area contributed by atoms with E-state index in [-0.39, 0.29) is 0 Å². The van der Waals surface area contributed by atoms with Gasteiger partial charge in [0.1, 0.15) is 30.1 Å². The van der Waals surface area contributed by atoms with Gasteiger partial charge in [-0.3, -0.25) is 14.4 Å². The molecule has 0 fully saturated rings. The number of rotatable bonds is 11. The highest BCUT2D eigenvalue weighted by molar-refractivity contribution is 6.09. The molecule has 4 aromatic rings. The van der Waals surface area contributed by atoms with Crippen molar-refractivity contribution in [3.8, 4) is 17.1 Å². The Morgan fingerprint density at radius 3 is 2.76 bits per heavy atom. The van der Waals surface area contributed by atoms with Gasteiger partial charge in [0.15, 0.2) is 0 Å². The Morgan fingerprint density at radius 2 is 1.97 bits per heavy atom. The molecule has 10 heteroatoms. The standard InChI is InChI=1S/C27H29N9O/c1-30-17-22(15-29)21-5-3-20(4-6-21)16-32-26-14-24(34-19-35-26)25-18-33-27-13-23(7-11-36(25)27)37-12-10-31-9-2-8-28/h2-9,11,13-15,17-19H,10,12,16,28-29H2,1H3,(H,32,34,35)/b8-2-,22-15+,30-17?,31-9?. The molecule has 188 valence electrons. The summed E-state index contributed by atoms with van der Waals surface area (Å²) in [5, 5.41) is 3.36. The Kier molecular flexibility index (Phi) is 8.58. The van der Waals surface area contributed by atoms with Crippen LogP contribution >= 0.6 is 0 Å². The minimum atomic E-state index is 0.459. The van der Waals surface area contributed by atoms with E-state index in [9.17, 15) is 0 Å². The third-order valence-corrected chi connectivity index (χ3v) is 5.41. The summed E-state index contributed by atoms with van der Waals surface area (Å²) in [6.45, 7) is 1.61. The van der Waals surface area contributed by atoms with E-state index in [1.165, 1.54) is 6.20 Å². The highest BCUT2D eigenvalue weighted by atomic mass is 16.5. The molecule has 0 saturated carbocycles. The fraction of sp³-hybridized carbons (Fsp3) is 0.148. The number of anilines is 1. The van der Waals surface area contributed by atoms with Gasteiger partial charge in [0, 0.05) is 56.1 Å². The van der Waals surface area contributed by atoms with Crippen LogP contribution in [0.4, 0.5) is 5.82 Å². The number of benzene rings is 1. The third kappa shape index (κ3) is 6.57. The van der Waals surface area contributed by atoms with Crippen molar-refractivity contribution in [3.05, 3.63) is 90.8 Å². The van der Waals surface area contributed by atoms with Crippen LogP contribution in [0.3, 0.4) is 0 Å². The summed E-state index contributed by atoms with van der Waals surface area (Å²) in [5.74, 6) is 1.44. The molecule has 0 aliphatic rings. The Morgan fingerprint density at radius 1 is 1.11 bits per heavy atom. The van der Waals surface area contributed by atoms with E-state index in [1.54, 1.807) is 44.3 Å². The predicted molar refractivity (Wildman–Crippen MR) is 149 cm³/mol. The monoisotopic (exact) mass is 495 g/mol. The molecule has 0 amide bonds. The second-order valence-corrected chi connectivity index (χ2v) is 7.87. The minimum absolute atomic E-state index is 0.459. The number of ether oxygens (including phenoxy) is 1. The van der Waals surface area contributed by atoms with Crippen molar-refractivity contribution < 1.29 is 4.74 Å². The van der Waals surface area contributed by atoms with Crippen molar-refractivity contribution in [2.75, 3.05) is 25.5 Å². The molecule has 0 saturated heterocycles. The van der Waals surface area contributed by atoms with Crippen molar-refractivity contribution >= 4 is 29.5 Å². The Balaban J connectivity index is 1.41. The molecule has 0 radical (unpaired) electrons. The number of pyridine rings is 1. The minimum Gasteiger partial charge on any atom is -0.491 e. The zero-order valence-electron chi connectivity index (χ0n) is 20.5. The molecule has 37 heavy (non-hydrogen) atoms. The number of imidazole rings is 1. The predicted octanol–water partition coefficient (Wildman–Crippen LogP) is 3.33. The molecule has 1 aromatic carbocycles. The van der Waals surface area contributed by atoms with Crippen molar-refractivity contribution in [2.45, 2.75) is 6.54 Å². The van der Waals surface area contributed by atoms with Gasteiger partial charge in [-0.1, -0.05) is 24.3 Å². The van der Waals surface area contributed by atoms with E-state index in [2.05, 4.69) is 30.3 Å². The van der Waals surface area contributed by atoms with Gasteiger partial charge in [-0.25, -0.2) is 15.0 Å². The number of fused-ring (bicyclic) bond motifs is 1. The molecule has 0 unspecified atom stereocenters. The first-order valence-corrected chi connectivity index (χ1v) is 11.7. The number of hydrogen-bond donors (Lipinski definition) is 3. The number of nitrogens with two attached hydrogens (primary N) is 2. The fourth-order valence-corrected chi connectivity index (χ4v) is 3.60. The van der Waals surface area contributed by atoms with Crippen molar-refractivity contribution in [3.63, 3.8) is 0 Å². The fourth-order valence-electron chi connectivity index (χ4n) is 3.60. The number of nitrogens with zero attached hydrogens (tertiary/aromatic N) is 6. The molecular formula is C27H29N9O. The molecule has 10 nitrogen and oxygen atoms in total. The molecule has 5 N–H and O–H groups in total. The molecule has 0 aliphatic carbocycles. The summed E-state index contributed by atoms with van der Waals surface area (Å²) in [5.41, 5.74) is 16.3. The van der Waals surface area contributed by atoms with Crippen LogP contribution in [0.1, 0.15) is 11.1 Å². The second kappa shape index (κ2) is 12.6. The van der Waals surface area contributed by atoms with Crippen LogP contribution < -0.4 is 21.5 Å². The molecule has 0 aliphatic heterocycles. The van der Waals surface area contributed by atoms with Gasteiger partial charge in [0.2, 0.25) is 0 Å². The first kappa shape index (κ1) is 25.1. The van der Waals surface area contributed by atoms with Crippen LogP contribution in [0, 0.1) is 0 Å². The lowest BCUT2D eigenvalue weighted by Gasteiger charge is -2.09. The summed E-state index contributed by atoms with van der Waals surface area (Å²) in [6.07, 6.45) is 13.3. The highest BCUT2D eigenvalue weighted by Gasteiger charge is 2.10. The molecule has 3 aromatic heterocycles. The maximum absolute atomic E-state index is 5.77. The highest BCUT2D eigenvalue weighted by Crippen LogP contribution is 2.23. The van der Waals surface area contributed by atoms with E-state index < -0.39 is 0 Å². The van der Waals surface area contributed by atoms with Crippen LogP contribution in [0.2, 0.25) is 0 Å². The average molecular weight is 496 g/mol. The van der Waals surface area contributed by atoms with E-state index in [0.717, 1.165) is 45.3 Å². The molecule has 3 heterocycles. The molecule has 4 rings (SSSR count). The Labute approximate surface area is 215 Å². The lowest BCUT2D eigenvalue weighted by Crippen LogP contribution is -2.03. The molecular weight excluding hydrogens is 466 g/mol. The zero-order chi connectivity index (χ0) is 25.9. The van der Waals surface area contributed by atoms with Crippen molar-refractivity contribution in [1.29, 1.82) is 0 Å². The summed E-state index contributed by atoms with van der Waals surface area (Å²) < 4.78 is 7.73. The van der Waals surface area contributed by atoms with Crippen molar-refractivity contribution in [2.24, 2.45) is 21.5 Å². The first-order valence-electron chi connectivity index (χ1n) is 11.7. The quantitative estimate of drug-likeness (QED) is 0.214. The lowest BCUT2D eigenvalue weighted by molar-refractivity contribution is 0.329. The van der Waals surface area contributed by atoms with Crippen LogP contribution in [-0.2, 0) is 6.54 Å². The second-order valence-electron chi connectivity index (χ2n) is 7.87. The largest absolute Gasteiger partial charge is 0.491 e. The normalized spacial score (nSPS) is 12.3. The average Bonchev–Trinajstić information content (AvgIpc) is 3.36. The van der Waals surface area contributed by atoms with Gasteiger partial charge < -0.3 is 21.5 Å². The van der Waals surface area contributed by atoms with E-state index >= 15 is 0 Å². The summed E-state index contributed by atoms with van der Waals surface area (Å²) in [7, 11) is 1.72. The SMILES string of the molecule is CN=C/C(=C\N)c1ccc(CNc2cc(-c3cnc4cc(OCCN=C/C=C\N)ccn34)ncn2)cc1. The van der Waals surface area contributed by atoms with Gasteiger partial charge in [0.25, 0.3) is 0 Å². The van der Waals surface area contributed by atoms with Gasteiger partial charge in [0.05, 0.1) is 24.1 Å². The van der Waals surface area contributed by atoms with Crippen LogP contribution in [-0.4, -0.2) is 52.0 Å². The van der Waals surface area contributed by atoms with Gasteiger partial charge in [-0.15, -0.1) is 0 Å². The van der Waals surface area contributed by atoms with E-state index in [1.807, 2.05) is 53.1 Å². The maximum atomic E-state index is 5.77. The topological polar surface area (TPSA) is 141 Å². The number of hydrogen-bond acceptors (Lipinski definition) is 9. The summed E-state index contributed by atoms with van der Waals surface area (Å²) in [6, 6.07) is 13.8. The van der Waals surface area contributed by atoms with Gasteiger partial charge in [-0.05, 0) is 29.5 Å². The van der Waals surface area contributed by atoms with Crippen molar-refractivity contribution in [1.82, 2.24) is 19.4 Å². The number of nitrogens with one attached hydrogen (secondary N) is 1. The third-order valence-electron chi connectivity index (χ3n) is 5.41. The van der Waals surface area contributed by atoms with Crippen LogP contribution in [0.15, 0.2) is 89.6 Å². The maximum Gasteiger partial charge on any atom is 0.140 e. The summed E-state index contributed by atoms with van der Waals surface area (Å²) >= 11 is 0. The Hall–Kier alpha value is -4.99. The molecule has 0 atom stereocenters. The molecule has 0 spiro atoms. The first-order chi connectivity index (χ1) is 18.2. The lowest BCUT2D eigenvalue weighted by atomic mass is 10.1. The number of allylic oxidation sites excluding steroid dienone is 2. The van der Waals surface area contributed by atoms with E-state index in [0.29, 0.717) is 19.7 Å². The van der Waals surface area contributed by atoms with Crippen LogP contribution in [0.5, 0.6) is 5.75 Å². The van der Waals surface area contributed by atoms with Gasteiger partial charge in [-0.2, -0.15) is 0 Å². The Bertz CT molecular complexity index is 1440. The van der Waals surface area contributed by atoms with Gasteiger partial charge >= 0.3 is 0 Å². The number of aromatic nitrogens is 4. The zero-order valence-corrected chi connectivity index (χ0v) is 20.5. The molecule has 0 bridgehead atoms.